The Morgan fingerprint density at radius 1 is 1.38 bits per heavy atom. The molecule has 0 spiro atoms. The number of rotatable bonds is 4. The highest BCUT2D eigenvalue weighted by molar-refractivity contribution is 5.79. The number of aromatic nitrogens is 2. The summed E-state index contributed by atoms with van der Waals surface area (Å²) in [6.07, 6.45) is 1.35. The molecular formula is C16H19N3O2. The summed E-state index contributed by atoms with van der Waals surface area (Å²) in [5.41, 5.74) is 2.51. The van der Waals surface area contributed by atoms with Gasteiger partial charge in [0.05, 0.1) is 5.92 Å². The standard InChI is InChI=1S/C16H19N3O2/c1-11-4-3-5-13(8-11)6-7-19-10-14(9-15(19)20)16-17-12(2)18-21-16/h3-5,8,14H,6-7,9-10H2,1-2H3. The summed E-state index contributed by atoms with van der Waals surface area (Å²) in [6.45, 7) is 5.29. The average molecular weight is 285 g/mol. The third-order valence-electron chi connectivity index (χ3n) is 3.86. The monoisotopic (exact) mass is 285 g/mol. The van der Waals surface area contributed by atoms with E-state index >= 15 is 0 Å². The number of hydrogen-bond donors (Lipinski definition) is 0. The minimum absolute atomic E-state index is 0.0382. The molecule has 0 saturated carbocycles. The molecule has 5 nitrogen and oxygen atoms in total. The van der Waals surface area contributed by atoms with Gasteiger partial charge in [-0.05, 0) is 25.8 Å². The van der Waals surface area contributed by atoms with Crippen molar-refractivity contribution in [3.8, 4) is 0 Å². The molecule has 3 rings (SSSR count). The minimum Gasteiger partial charge on any atom is -0.342 e. The molecule has 21 heavy (non-hydrogen) atoms. The van der Waals surface area contributed by atoms with E-state index in [1.165, 1.54) is 11.1 Å². The maximum absolute atomic E-state index is 12.1. The van der Waals surface area contributed by atoms with Crippen molar-refractivity contribution in [3.05, 3.63) is 47.1 Å². The second kappa shape index (κ2) is 5.68. The number of likely N-dealkylation sites (tertiary alicyclic amines) is 1. The third-order valence-corrected chi connectivity index (χ3v) is 3.86. The van der Waals surface area contributed by atoms with E-state index in [0.717, 1.165) is 13.0 Å². The number of nitrogens with zero attached hydrogens (tertiary/aromatic N) is 3. The molecule has 1 fully saturated rings. The Labute approximate surface area is 124 Å². The summed E-state index contributed by atoms with van der Waals surface area (Å²) < 4.78 is 5.18. The van der Waals surface area contributed by atoms with E-state index in [4.69, 9.17) is 4.52 Å². The van der Waals surface area contributed by atoms with Crippen LogP contribution in [0.2, 0.25) is 0 Å². The van der Waals surface area contributed by atoms with E-state index < -0.39 is 0 Å². The smallest absolute Gasteiger partial charge is 0.232 e. The maximum Gasteiger partial charge on any atom is 0.232 e. The third kappa shape index (κ3) is 3.12. The zero-order valence-electron chi connectivity index (χ0n) is 12.4. The summed E-state index contributed by atoms with van der Waals surface area (Å²) >= 11 is 0. The van der Waals surface area contributed by atoms with Crippen LogP contribution in [0.5, 0.6) is 0 Å². The Hall–Kier alpha value is -2.17. The van der Waals surface area contributed by atoms with Gasteiger partial charge in [-0.1, -0.05) is 35.0 Å². The van der Waals surface area contributed by atoms with Crippen LogP contribution in [-0.4, -0.2) is 34.0 Å². The van der Waals surface area contributed by atoms with Gasteiger partial charge in [-0.15, -0.1) is 0 Å². The molecule has 0 bridgehead atoms. The molecule has 1 aliphatic heterocycles. The van der Waals surface area contributed by atoms with Gasteiger partial charge in [-0.3, -0.25) is 4.79 Å². The van der Waals surface area contributed by atoms with Crippen molar-refractivity contribution in [2.45, 2.75) is 32.6 Å². The molecule has 1 aliphatic rings. The SMILES string of the molecule is Cc1cccc(CCN2CC(c3nc(C)no3)CC2=O)c1. The van der Waals surface area contributed by atoms with Crippen LogP contribution in [0, 0.1) is 13.8 Å². The van der Waals surface area contributed by atoms with Gasteiger partial charge < -0.3 is 9.42 Å². The van der Waals surface area contributed by atoms with Gasteiger partial charge in [0.15, 0.2) is 5.82 Å². The lowest BCUT2D eigenvalue weighted by molar-refractivity contribution is -0.127. The Morgan fingerprint density at radius 2 is 2.24 bits per heavy atom. The van der Waals surface area contributed by atoms with Gasteiger partial charge in [0.2, 0.25) is 11.8 Å². The lowest BCUT2D eigenvalue weighted by Crippen LogP contribution is -2.27. The number of benzene rings is 1. The van der Waals surface area contributed by atoms with Crippen LogP contribution < -0.4 is 0 Å². The van der Waals surface area contributed by atoms with Crippen LogP contribution in [0.25, 0.3) is 0 Å². The van der Waals surface area contributed by atoms with Crippen LogP contribution in [0.1, 0.15) is 35.2 Å². The number of carbonyl (C=O) groups excluding carboxylic acids is 1. The van der Waals surface area contributed by atoms with Crippen molar-refractivity contribution in [2.24, 2.45) is 0 Å². The first kappa shape index (κ1) is 13.8. The van der Waals surface area contributed by atoms with Crippen molar-refractivity contribution in [1.82, 2.24) is 15.0 Å². The normalized spacial score (nSPS) is 18.5. The van der Waals surface area contributed by atoms with Gasteiger partial charge >= 0.3 is 0 Å². The highest BCUT2D eigenvalue weighted by Crippen LogP contribution is 2.27. The maximum atomic E-state index is 12.1. The Bertz CT molecular complexity index is 650. The zero-order valence-corrected chi connectivity index (χ0v) is 12.4. The van der Waals surface area contributed by atoms with Crippen molar-refractivity contribution in [1.29, 1.82) is 0 Å². The van der Waals surface area contributed by atoms with Crippen molar-refractivity contribution < 1.29 is 9.32 Å². The summed E-state index contributed by atoms with van der Waals surface area (Å²) in [5.74, 6) is 1.41. The molecule has 0 N–H and O–H groups in total. The van der Waals surface area contributed by atoms with Crippen molar-refractivity contribution in [2.75, 3.05) is 13.1 Å². The van der Waals surface area contributed by atoms with Crippen molar-refractivity contribution >= 4 is 5.91 Å². The predicted molar refractivity (Wildman–Crippen MR) is 77.9 cm³/mol. The van der Waals surface area contributed by atoms with Crippen molar-refractivity contribution in [3.63, 3.8) is 0 Å². The highest BCUT2D eigenvalue weighted by Gasteiger charge is 2.33. The van der Waals surface area contributed by atoms with Gasteiger partial charge in [-0.2, -0.15) is 4.98 Å². The molecule has 1 saturated heterocycles. The molecule has 2 heterocycles. The molecular weight excluding hydrogens is 266 g/mol. The summed E-state index contributed by atoms with van der Waals surface area (Å²) in [5, 5.41) is 3.80. The zero-order chi connectivity index (χ0) is 14.8. The fourth-order valence-corrected chi connectivity index (χ4v) is 2.76. The van der Waals surface area contributed by atoms with Gasteiger partial charge in [0.25, 0.3) is 0 Å². The molecule has 0 radical (unpaired) electrons. The Balaban J connectivity index is 1.60. The van der Waals surface area contributed by atoms with Gasteiger partial charge in [0.1, 0.15) is 0 Å². The number of carbonyl (C=O) groups is 1. The number of aryl methyl sites for hydroxylation is 2. The largest absolute Gasteiger partial charge is 0.342 e. The Kier molecular flexibility index (Phi) is 3.73. The summed E-state index contributed by atoms with van der Waals surface area (Å²) in [4.78, 5) is 18.2. The molecule has 5 heteroatoms. The molecule has 1 aromatic heterocycles. The molecule has 0 aliphatic carbocycles. The van der Waals surface area contributed by atoms with E-state index in [0.29, 0.717) is 24.7 Å². The fourth-order valence-electron chi connectivity index (χ4n) is 2.76. The quantitative estimate of drug-likeness (QED) is 0.864. The first-order valence-corrected chi connectivity index (χ1v) is 7.25. The van der Waals surface area contributed by atoms with E-state index in [1.54, 1.807) is 6.92 Å². The van der Waals surface area contributed by atoms with E-state index in [-0.39, 0.29) is 11.8 Å². The van der Waals surface area contributed by atoms with E-state index in [2.05, 4.69) is 41.3 Å². The first-order valence-electron chi connectivity index (χ1n) is 7.25. The molecule has 2 aromatic rings. The first-order chi connectivity index (χ1) is 10.1. The van der Waals surface area contributed by atoms with Gasteiger partial charge in [0, 0.05) is 19.5 Å². The van der Waals surface area contributed by atoms with Gasteiger partial charge in [-0.25, -0.2) is 0 Å². The molecule has 1 amide bonds. The lowest BCUT2D eigenvalue weighted by Gasteiger charge is -2.16. The highest BCUT2D eigenvalue weighted by atomic mass is 16.5. The second-order valence-electron chi connectivity index (χ2n) is 5.66. The topological polar surface area (TPSA) is 59.2 Å². The summed E-state index contributed by atoms with van der Waals surface area (Å²) in [7, 11) is 0. The predicted octanol–water partition coefficient (Wildman–Crippen LogP) is 2.25. The number of amides is 1. The summed E-state index contributed by atoms with van der Waals surface area (Å²) in [6, 6.07) is 8.41. The van der Waals surface area contributed by atoms with Crippen LogP contribution >= 0.6 is 0 Å². The van der Waals surface area contributed by atoms with Crippen LogP contribution in [0.3, 0.4) is 0 Å². The number of hydrogen-bond acceptors (Lipinski definition) is 4. The molecule has 1 atom stereocenters. The van der Waals surface area contributed by atoms with Crippen LogP contribution in [-0.2, 0) is 11.2 Å². The Morgan fingerprint density at radius 3 is 2.95 bits per heavy atom. The lowest BCUT2D eigenvalue weighted by atomic mass is 10.1. The van der Waals surface area contributed by atoms with Crippen LogP contribution in [0.4, 0.5) is 0 Å². The molecule has 1 unspecified atom stereocenters. The van der Waals surface area contributed by atoms with E-state index in [9.17, 15) is 4.79 Å². The molecule has 1 aromatic carbocycles. The second-order valence-corrected chi connectivity index (χ2v) is 5.66. The molecule has 110 valence electrons. The average Bonchev–Trinajstić information content (AvgIpc) is 3.03. The fraction of sp³-hybridized carbons (Fsp3) is 0.438. The van der Waals surface area contributed by atoms with Crippen LogP contribution in [0.15, 0.2) is 28.8 Å². The van der Waals surface area contributed by atoms with E-state index in [1.807, 2.05) is 4.90 Å². The minimum atomic E-state index is 0.0382.